The zero-order valence-electron chi connectivity index (χ0n) is 10.8. The van der Waals surface area contributed by atoms with Crippen LogP contribution in [0, 0.1) is 0 Å². The summed E-state index contributed by atoms with van der Waals surface area (Å²) in [6.45, 7) is 1.97. The van der Waals surface area contributed by atoms with Gasteiger partial charge in [0.2, 0.25) is 0 Å². The molecule has 1 aliphatic rings. The molecule has 1 saturated heterocycles. The van der Waals surface area contributed by atoms with Gasteiger partial charge in [-0.25, -0.2) is 0 Å². The number of nitrogens with zero attached hydrogens (tertiary/aromatic N) is 1. The summed E-state index contributed by atoms with van der Waals surface area (Å²) < 4.78 is 0. The lowest BCUT2D eigenvalue weighted by atomic mass is 10.2. The lowest BCUT2D eigenvalue weighted by Gasteiger charge is -2.14. The summed E-state index contributed by atoms with van der Waals surface area (Å²) in [6, 6.07) is 4.28. The number of hydrogen-bond acceptors (Lipinski definition) is 3. The maximum Gasteiger partial charge on any atom is 0.191 e. The average Bonchev–Trinajstić information content (AvgIpc) is 3.06. The molecular weight excluding hydrogens is 262 g/mol. The highest BCUT2D eigenvalue weighted by Gasteiger charge is 2.15. The number of thiophene rings is 1. The summed E-state index contributed by atoms with van der Waals surface area (Å²) in [6.07, 6.45) is 3.77. The van der Waals surface area contributed by atoms with Gasteiger partial charge in [-0.2, -0.15) is 11.8 Å². The summed E-state index contributed by atoms with van der Waals surface area (Å²) in [5, 5.41) is 9.67. The number of rotatable bonds is 5. The third-order valence-electron chi connectivity index (χ3n) is 2.99. The van der Waals surface area contributed by atoms with Gasteiger partial charge >= 0.3 is 0 Å². The van der Waals surface area contributed by atoms with Crippen LogP contribution in [-0.4, -0.2) is 37.1 Å². The van der Waals surface area contributed by atoms with Gasteiger partial charge in [0.05, 0.1) is 0 Å². The van der Waals surface area contributed by atoms with E-state index in [9.17, 15) is 0 Å². The molecule has 2 rings (SSSR count). The van der Waals surface area contributed by atoms with Crippen molar-refractivity contribution in [3.05, 3.63) is 22.4 Å². The van der Waals surface area contributed by atoms with Crippen LogP contribution >= 0.6 is 23.1 Å². The van der Waals surface area contributed by atoms with Crippen molar-refractivity contribution in [2.24, 2.45) is 4.99 Å². The number of thioether (sulfide) groups is 1. The van der Waals surface area contributed by atoms with E-state index in [4.69, 9.17) is 0 Å². The Morgan fingerprint density at radius 1 is 1.50 bits per heavy atom. The molecular formula is C13H21N3S2. The smallest absolute Gasteiger partial charge is 0.191 e. The van der Waals surface area contributed by atoms with E-state index in [1.54, 1.807) is 0 Å². The number of guanidine groups is 1. The van der Waals surface area contributed by atoms with Crippen LogP contribution in [0.25, 0.3) is 0 Å². The Labute approximate surface area is 117 Å². The first kappa shape index (κ1) is 13.7. The van der Waals surface area contributed by atoms with Crippen molar-refractivity contribution in [3.8, 4) is 0 Å². The van der Waals surface area contributed by atoms with Gasteiger partial charge in [-0.3, -0.25) is 4.99 Å². The number of aliphatic imine (C=N–C) groups is 1. The van der Waals surface area contributed by atoms with E-state index in [0.29, 0.717) is 0 Å². The van der Waals surface area contributed by atoms with Gasteiger partial charge in [-0.15, -0.1) is 11.3 Å². The van der Waals surface area contributed by atoms with Crippen LogP contribution in [0.1, 0.15) is 17.7 Å². The Hall–Kier alpha value is -0.680. The van der Waals surface area contributed by atoms with Crippen LogP contribution in [0.4, 0.5) is 0 Å². The zero-order chi connectivity index (χ0) is 12.6. The molecule has 3 nitrogen and oxygen atoms in total. The Bertz CT molecular complexity index is 356. The first-order chi connectivity index (χ1) is 8.88. The molecule has 1 unspecified atom stereocenters. The molecule has 1 aromatic rings. The Morgan fingerprint density at radius 3 is 3.11 bits per heavy atom. The molecule has 0 saturated carbocycles. The van der Waals surface area contributed by atoms with Crippen molar-refractivity contribution in [1.82, 2.24) is 10.6 Å². The van der Waals surface area contributed by atoms with E-state index in [1.807, 2.05) is 18.4 Å². The molecule has 0 aromatic carbocycles. The second-order valence-corrected chi connectivity index (χ2v) is 6.78. The van der Waals surface area contributed by atoms with Crippen molar-refractivity contribution in [2.45, 2.75) is 24.5 Å². The van der Waals surface area contributed by atoms with Gasteiger partial charge in [0, 0.05) is 30.3 Å². The molecule has 0 aliphatic carbocycles. The van der Waals surface area contributed by atoms with E-state index < -0.39 is 0 Å². The number of hydrogen-bond donors (Lipinski definition) is 2. The van der Waals surface area contributed by atoms with Gasteiger partial charge in [0.15, 0.2) is 5.96 Å². The minimum absolute atomic E-state index is 0.765. The molecule has 5 heteroatoms. The SMILES string of the molecule is CN=C(NCCc1cccs1)NCC1CCCS1. The molecule has 0 radical (unpaired) electrons. The largest absolute Gasteiger partial charge is 0.356 e. The minimum atomic E-state index is 0.765. The highest BCUT2D eigenvalue weighted by molar-refractivity contribution is 8.00. The van der Waals surface area contributed by atoms with Gasteiger partial charge in [-0.05, 0) is 36.5 Å². The van der Waals surface area contributed by atoms with Crippen LogP contribution < -0.4 is 10.6 Å². The lowest BCUT2D eigenvalue weighted by Crippen LogP contribution is -2.40. The van der Waals surface area contributed by atoms with Crippen LogP contribution in [0.3, 0.4) is 0 Å². The predicted molar refractivity (Wildman–Crippen MR) is 82.9 cm³/mol. The van der Waals surface area contributed by atoms with E-state index in [2.05, 4.69) is 44.9 Å². The monoisotopic (exact) mass is 283 g/mol. The summed E-state index contributed by atoms with van der Waals surface area (Å²) in [5.74, 6) is 2.25. The molecule has 18 heavy (non-hydrogen) atoms. The molecule has 1 fully saturated rings. The number of nitrogens with one attached hydrogen (secondary N) is 2. The van der Waals surface area contributed by atoms with Crippen molar-refractivity contribution in [3.63, 3.8) is 0 Å². The Kier molecular flexibility index (Phi) is 5.87. The Morgan fingerprint density at radius 2 is 2.44 bits per heavy atom. The van der Waals surface area contributed by atoms with Crippen LogP contribution in [0.2, 0.25) is 0 Å². The second kappa shape index (κ2) is 7.69. The first-order valence-corrected chi connectivity index (χ1v) is 8.40. The summed E-state index contributed by atoms with van der Waals surface area (Å²) in [5.41, 5.74) is 0. The van der Waals surface area contributed by atoms with Crippen molar-refractivity contribution in [2.75, 3.05) is 25.9 Å². The molecule has 1 aromatic heterocycles. The molecule has 2 heterocycles. The van der Waals surface area contributed by atoms with Gasteiger partial charge in [0.25, 0.3) is 0 Å². The molecule has 1 atom stereocenters. The highest BCUT2D eigenvalue weighted by atomic mass is 32.2. The van der Waals surface area contributed by atoms with Crippen LogP contribution in [-0.2, 0) is 6.42 Å². The molecule has 0 amide bonds. The van der Waals surface area contributed by atoms with Crippen LogP contribution in [0.15, 0.2) is 22.5 Å². The topological polar surface area (TPSA) is 36.4 Å². The molecule has 0 bridgehead atoms. The van der Waals surface area contributed by atoms with Crippen molar-refractivity contribution < 1.29 is 0 Å². The normalized spacial score (nSPS) is 20.1. The Balaban J connectivity index is 1.62. The van der Waals surface area contributed by atoms with Gasteiger partial charge in [0.1, 0.15) is 0 Å². The van der Waals surface area contributed by atoms with E-state index in [1.165, 1.54) is 23.5 Å². The zero-order valence-corrected chi connectivity index (χ0v) is 12.4. The van der Waals surface area contributed by atoms with Crippen molar-refractivity contribution >= 4 is 29.1 Å². The highest BCUT2D eigenvalue weighted by Crippen LogP contribution is 2.25. The third kappa shape index (κ3) is 4.53. The minimum Gasteiger partial charge on any atom is -0.356 e. The maximum absolute atomic E-state index is 4.26. The van der Waals surface area contributed by atoms with E-state index in [0.717, 1.165) is 30.7 Å². The standard InChI is InChI=1S/C13H21N3S2/c1-14-13(16-10-12-5-3-9-18-12)15-7-6-11-4-2-8-17-11/h2,4,8,12H,3,5-7,9-10H2,1H3,(H2,14,15,16). The molecule has 100 valence electrons. The predicted octanol–water partition coefficient (Wildman–Crippen LogP) is 2.35. The van der Waals surface area contributed by atoms with Crippen molar-refractivity contribution in [1.29, 1.82) is 0 Å². The third-order valence-corrected chi connectivity index (χ3v) is 5.32. The maximum atomic E-state index is 4.26. The summed E-state index contributed by atoms with van der Waals surface area (Å²) in [7, 11) is 1.84. The lowest BCUT2D eigenvalue weighted by molar-refractivity contribution is 0.725. The second-order valence-electron chi connectivity index (χ2n) is 4.34. The average molecular weight is 283 g/mol. The molecule has 2 N–H and O–H groups in total. The summed E-state index contributed by atoms with van der Waals surface area (Å²) in [4.78, 5) is 5.68. The quantitative estimate of drug-likeness (QED) is 0.643. The fourth-order valence-electron chi connectivity index (χ4n) is 2.00. The summed E-state index contributed by atoms with van der Waals surface area (Å²) >= 11 is 3.89. The van der Waals surface area contributed by atoms with E-state index in [-0.39, 0.29) is 0 Å². The molecule has 0 spiro atoms. The van der Waals surface area contributed by atoms with E-state index >= 15 is 0 Å². The first-order valence-electron chi connectivity index (χ1n) is 6.47. The fraction of sp³-hybridized carbons (Fsp3) is 0.615. The van der Waals surface area contributed by atoms with Crippen LogP contribution in [0.5, 0.6) is 0 Å². The fourth-order valence-corrected chi connectivity index (χ4v) is 3.91. The van der Waals surface area contributed by atoms with Gasteiger partial charge < -0.3 is 10.6 Å². The van der Waals surface area contributed by atoms with Gasteiger partial charge in [-0.1, -0.05) is 6.07 Å². The molecule has 1 aliphatic heterocycles.